The Morgan fingerprint density at radius 3 is 2.00 bits per heavy atom. The minimum atomic E-state index is 0.679. The lowest BCUT2D eigenvalue weighted by Gasteiger charge is -2.30. The van der Waals surface area contributed by atoms with Crippen LogP contribution in [0.5, 0.6) is 0 Å². The van der Waals surface area contributed by atoms with E-state index in [-0.39, 0.29) is 0 Å². The topological polar surface area (TPSA) is 8.88 Å². The highest BCUT2D eigenvalue weighted by atomic mass is 15.3. The molecule has 0 bridgehead atoms. The Balaban J connectivity index is 1.39. The van der Waals surface area contributed by atoms with Crippen molar-refractivity contribution in [3.63, 3.8) is 0 Å². The summed E-state index contributed by atoms with van der Waals surface area (Å²) in [5.74, 6) is 0.679. The molecule has 0 amide bonds. The van der Waals surface area contributed by atoms with Crippen molar-refractivity contribution >= 4 is 0 Å². The van der Waals surface area contributed by atoms with Crippen LogP contribution in [0, 0.1) is 0 Å². The van der Waals surface area contributed by atoms with Gasteiger partial charge in [-0.05, 0) is 11.5 Å². The molecule has 1 saturated heterocycles. The van der Waals surface area contributed by atoms with Gasteiger partial charge < -0.3 is 9.80 Å². The molecule has 0 unspecified atom stereocenters. The van der Waals surface area contributed by atoms with E-state index in [4.69, 9.17) is 0 Å². The highest BCUT2D eigenvalue weighted by Gasteiger charge is 2.23. The van der Waals surface area contributed by atoms with Gasteiger partial charge in [-0.1, -0.05) is 67.6 Å². The number of nitrogens with one attached hydrogen (secondary N) is 2. The number of piperazine rings is 1. The van der Waals surface area contributed by atoms with Crippen molar-refractivity contribution in [3.8, 4) is 0 Å². The van der Waals surface area contributed by atoms with E-state index in [1.54, 1.807) is 9.80 Å². The fourth-order valence-electron chi connectivity index (χ4n) is 3.64. The zero-order valence-corrected chi connectivity index (χ0v) is 14.3. The second-order valence-electron chi connectivity index (χ2n) is 7.01. The Morgan fingerprint density at radius 2 is 1.35 bits per heavy atom. The molecule has 0 spiro atoms. The third kappa shape index (κ3) is 4.92. The summed E-state index contributed by atoms with van der Waals surface area (Å²) in [6.45, 7) is 10.1. The zero-order chi connectivity index (χ0) is 15.9. The fraction of sp³-hybridized carbons (Fsp3) is 0.429. The Morgan fingerprint density at radius 1 is 0.783 bits per heavy atom. The van der Waals surface area contributed by atoms with Crippen molar-refractivity contribution in [1.29, 1.82) is 0 Å². The summed E-state index contributed by atoms with van der Waals surface area (Å²) in [4.78, 5) is 3.54. The third-order valence-corrected chi connectivity index (χ3v) is 5.26. The molecule has 122 valence electrons. The normalized spacial score (nSPS) is 22.7. The van der Waals surface area contributed by atoms with Crippen molar-refractivity contribution in [1.82, 2.24) is 0 Å². The number of hydrogen-bond donors (Lipinski definition) is 2. The van der Waals surface area contributed by atoms with E-state index in [9.17, 15) is 0 Å². The Kier molecular flexibility index (Phi) is 5.84. The van der Waals surface area contributed by atoms with E-state index >= 15 is 0 Å². The van der Waals surface area contributed by atoms with Gasteiger partial charge in [0.25, 0.3) is 0 Å². The predicted octanol–water partition coefficient (Wildman–Crippen LogP) is 1.16. The van der Waals surface area contributed by atoms with Gasteiger partial charge in [0.2, 0.25) is 0 Å². The maximum absolute atomic E-state index is 2.37. The second kappa shape index (κ2) is 8.28. The maximum atomic E-state index is 2.37. The molecule has 23 heavy (non-hydrogen) atoms. The highest BCUT2D eigenvalue weighted by Crippen LogP contribution is 2.16. The first kappa shape index (κ1) is 16.2. The average molecular weight is 310 g/mol. The molecule has 0 radical (unpaired) electrons. The third-order valence-electron chi connectivity index (χ3n) is 5.26. The molecule has 2 nitrogen and oxygen atoms in total. The van der Waals surface area contributed by atoms with Crippen LogP contribution < -0.4 is 9.80 Å². The van der Waals surface area contributed by atoms with Crippen LogP contribution in [0.3, 0.4) is 0 Å². The molecule has 2 aromatic rings. The van der Waals surface area contributed by atoms with Crippen molar-refractivity contribution in [2.24, 2.45) is 0 Å². The highest BCUT2D eigenvalue weighted by molar-refractivity contribution is 5.18. The predicted molar refractivity (Wildman–Crippen MR) is 95.9 cm³/mol. The molecular weight excluding hydrogens is 280 g/mol. The fourth-order valence-corrected chi connectivity index (χ4v) is 3.64. The van der Waals surface area contributed by atoms with Crippen LogP contribution in [0.2, 0.25) is 0 Å². The number of rotatable bonds is 6. The number of quaternary nitrogens is 2. The van der Waals surface area contributed by atoms with E-state index < -0.39 is 0 Å². The van der Waals surface area contributed by atoms with Gasteiger partial charge in [-0.25, -0.2) is 0 Å². The van der Waals surface area contributed by atoms with Crippen LogP contribution in [0.1, 0.15) is 30.4 Å². The lowest BCUT2D eigenvalue weighted by molar-refractivity contribution is -1.02. The number of benzene rings is 2. The molecule has 2 N–H and O–H groups in total. The first-order valence-corrected chi connectivity index (χ1v) is 9.07. The molecule has 0 saturated carbocycles. The van der Waals surface area contributed by atoms with Crippen molar-refractivity contribution in [3.05, 3.63) is 71.8 Å². The minimum Gasteiger partial charge on any atom is -0.326 e. The van der Waals surface area contributed by atoms with E-state index in [2.05, 4.69) is 67.6 Å². The molecule has 3 rings (SSSR count). The van der Waals surface area contributed by atoms with Crippen molar-refractivity contribution in [2.45, 2.75) is 25.8 Å². The van der Waals surface area contributed by atoms with Gasteiger partial charge in [0.05, 0.1) is 6.54 Å². The molecule has 1 aliphatic rings. The average Bonchev–Trinajstić information content (AvgIpc) is 2.62. The molecule has 0 aliphatic carbocycles. The maximum Gasteiger partial charge on any atom is 0.127 e. The van der Waals surface area contributed by atoms with E-state index in [1.165, 1.54) is 56.8 Å². The van der Waals surface area contributed by atoms with Crippen LogP contribution in [-0.4, -0.2) is 32.7 Å². The van der Waals surface area contributed by atoms with Crippen molar-refractivity contribution in [2.75, 3.05) is 32.7 Å². The Bertz CT molecular complexity index is 559. The van der Waals surface area contributed by atoms with E-state index in [0.717, 1.165) is 0 Å². The standard InChI is InChI=1S/C21H28N2/c1-19(21-10-6-3-7-11-21)12-13-22-14-16-23(17-15-22)18-20-8-4-2-5-9-20/h2-11,19H,12-18H2,1H3/p+2/t19-/m1/s1. The first-order valence-electron chi connectivity index (χ1n) is 9.07. The van der Waals surface area contributed by atoms with Gasteiger partial charge in [-0.15, -0.1) is 0 Å². The lowest BCUT2D eigenvalue weighted by Crippen LogP contribution is -3.27. The largest absolute Gasteiger partial charge is 0.326 e. The summed E-state index contributed by atoms with van der Waals surface area (Å²) >= 11 is 0. The monoisotopic (exact) mass is 310 g/mol. The van der Waals surface area contributed by atoms with Gasteiger partial charge in [0.15, 0.2) is 0 Å². The van der Waals surface area contributed by atoms with Crippen LogP contribution in [0.25, 0.3) is 0 Å². The van der Waals surface area contributed by atoms with Gasteiger partial charge >= 0.3 is 0 Å². The first-order chi connectivity index (χ1) is 11.3. The molecule has 1 aliphatic heterocycles. The van der Waals surface area contributed by atoms with Gasteiger partial charge in [0, 0.05) is 12.0 Å². The summed E-state index contributed by atoms with van der Waals surface area (Å²) < 4.78 is 0. The van der Waals surface area contributed by atoms with Gasteiger partial charge in [-0.2, -0.15) is 0 Å². The van der Waals surface area contributed by atoms with E-state index in [0.29, 0.717) is 5.92 Å². The molecule has 0 aromatic heterocycles. The molecule has 2 heteroatoms. The zero-order valence-electron chi connectivity index (χ0n) is 14.3. The van der Waals surface area contributed by atoms with Crippen LogP contribution >= 0.6 is 0 Å². The summed E-state index contributed by atoms with van der Waals surface area (Å²) in [6, 6.07) is 21.9. The van der Waals surface area contributed by atoms with Gasteiger partial charge in [0.1, 0.15) is 32.7 Å². The Labute approximate surface area is 140 Å². The minimum absolute atomic E-state index is 0.679. The molecular formula is C21H30N2+2. The smallest absolute Gasteiger partial charge is 0.127 e. The van der Waals surface area contributed by atoms with Crippen LogP contribution in [0.15, 0.2) is 60.7 Å². The van der Waals surface area contributed by atoms with Crippen LogP contribution in [0.4, 0.5) is 0 Å². The van der Waals surface area contributed by atoms with Crippen LogP contribution in [-0.2, 0) is 6.54 Å². The molecule has 1 fully saturated rings. The van der Waals surface area contributed by atoms with Gasteiger partial charge in [-0.3, -0.25) is 0 Å². The molecule has 2 aromatic carbocycles. The summed E-state index contributed by atoms with van der Waals surface area (Å²) in [5, 5.41) is 0. The van der Waals surface area contributed by atoms with Crippen molar-refractivity contribution < 1.29 is 9.80 Å². The Hall–Kier alpha value is -1.64. The van der Waals surface area contributed by atoms with E-state index in [1.807, 2.05) is 0 Å². The lowest BCUT2D eigenvalue weighted by atomic mass is 9.97. The second-order valence-corrected chi connectivity index (χ2v) is 7.01. The summed E-state index contributed by atoms with van der Waals surface area (Å²) in [7, 11) is 0. The SMILES string of the molecule is C[C@H](CC[NH+]1CC[NH+](Cc2ccccc2)CC1)c1ccccc1. The number of hydrogen-bond acceptors (Lipinski definition) is 0. The summed E-state index contributed by atoms with van der Waals surface area (Å²) in [5.41, 5.74) is 2.96. The molecule has 1 heterocycles. The quantitative estimate of drug-likeness (QED) is 0.792. The molecule has 1 atom stereocenters. The summed E-state index contributed by atoms with van der Waals surface area (Å²) in [6.07, 6.45) is 1.30.